The molecule has 0 fully saturated rings. The normalized spacial score (nSPS) is 10.5. The van der Waals surface area contributed by atoms with Crippen LogP contribution in [0.4, 0.5) is 10.8 Å². The van der Waals surface area contributed by atoms with Gasteiger partial charge in [-0.2, -0.15) is 0 Å². The molecule has 1 heterocycles. The van der Waals surface area contributed by atoms with E-state index in [4.69, 9.17) is 9.47 Å². The van der Waals surface area contributed by atoms with Crippen molar-refractivity contribution in [1.29, 1.82) is 0 Å². The van der Waals surface area contributed by atoms with Gasteiger partial charge in [-0.15, -0.1) is 0 Å². The van der Waals surface area contributed by atoms with E-state index in [1.165, 1.54) is 11.9 Å². The lowest BCUT2D eigenvalue weighted by Gasteiger charge is -2.06. The van der Waals surface area contributed by atoms with Gasteiger partial charge < -0.3 is 14.2 Å². The molecule has 0 radical (unpaired) electrons. The predicted octanol–water partition coefficient (Wildman–Crippen LogP) is 3.96. The fourth-order valence-corrected chi connectivity index (χ4v) is 3.91. The SMILES string of the molecule is CCOC(=O)c1cccc2nc(NC(=O)COC(=O)c3cccc(NSC)c3)sc12. The van der Waals surface area contributed by atoms with Crippen molar-refractivity contribution in [2.45, 2.75) is 6.92 Å². The lowest BCUT2D eigenvalue weighted by Crippen LogP contribution is -2.20. The maximum atomic E-state index is 12.2. The van der Waals surface area contributed by atoms with Gasteiger partial charge in [-0.05, 0) is 37.3 Å². The third kappa shape index (κ3) is 5.28. The lowest BCUT2D eigenvalue weighted by atomic mass is 10.2. The molecule has 0 aliphatic carbocycles. The highest BCUT2D eigenvalue weighted by atomic mass is 32.2. The molecule has 2 aromatic carbocycles. The Morgan fingerprint density at radius 3 is 2.67 bits per heavy atom. The molecule has 8 nitrogen and oxygen atoms in total. The summed E-state index contributed by atoms with van der Waals surface area (Å²) in [7, 11) is 0. The van der Waals surface area contributed by atoms with E-state index >= 15 is 0 Å². The van der Waals surface area contributed by atoms with Crippen LogP contribution in [0.5, 0.6) is 0 Å². The van der Waals surface area contributed by atoms with Crippen molar-refractivity contribution in [3.05, 3.63) is 53.6 Å². The second-order valence-electron chi connectivity index (χ2n) is 5.90. The average molecular weight is 446 g/mol. The van der Waals surface area contributed by atoms with Gasteiger partial charge >= 0.3 is 11.9 Å². The first-order chi connectivity index (χ1) is 14.5. The van der Waals surface area contributed by atoms with Crippen LogP contribution < -0.4 is 10.0 Å². The number of nitrogens with one attached hydrogen (secondary N) is 2. The number of amides is 1. The van der Waals surface area contributed by atoms with Crippen LogP contribution in [0.15, 0.2) is 42.5 Å². The molecule has 0 unspecified atom stereocenters. The van der Waals surface area contributed by atoms with Gasteiger partial charge in [-0.1, -0.05) is 35.4 Å². The molecule has 3 aromatic rings. The minimum Gasteiger partial charge on any atom is -0.462 e. The van der Waals surface area contributed by atoms with Gasteiger partial charge in [0.05, 0.1) is 28.0 Å². The van der Waals surface area contributed by atoms with E-state index in [0.717, 1.165) is 17.0 Å². The van der Waals surface area contributed by atoms with E-state index in [-0.39, 0.29) is 6.61 Å². The van der Waals surface area contributed by atoms with Gasteiger partial charge in [0.25, 0.3) is 5.91 Å². The molecule has 2 N–H and O–H groups in total. The zero-order valence-corrected chi connectivity index (χ0v) is 17.9. The summed E-state index contributed by atoms with van der Waals surface area (Å²) in [5.41, 5.74) is 2.04. The second kappa shape index (κ2) is 10.1. The number of fused-ring (bicyclic) bond motifs is 1. The number of esters is 2. The molecule has 0 aliphatic heterocycles. The molecule has 10 heteroatoms. The van der Waals surface area contributed by atoms with E-state index in [0.29, 0.717) is 26.5 Å². The van der Waals surface area contributed by atoms with Gasteiger partial charge in [0, 0.05) is 11.9 Å². The standard InChI is InChI=1S/C20H19N3O5S2/c1-3-27-19(26)14-8-5-9-15-17(14)30-20(21-15)22-16(24)11-28-18(25)12-6-4-7-13(10-12)23-29-2/h4-10,23H,3,11H2,1-2H3,(H,21,22,24). The third-order valence-electron chi connectivity index (χ3n) is 3.81. The van der Waals surface area contributed by atoms with Crippen molar-refractivity contribution in [3.63, 3.8) is 0 Å². The zero-order chi connectivity index (χ0) is 21.5. The van der Waals surface area contributed by atoms with Crippen LogP contribution in [-0.2, 0) is 14.3 Å². The van der Waals surface area contributed by atoms with Crippen molar-refractivity contribution in [2.75, 3.05) is 29.5 Å². The van der Waals surface area contributed by atoms with Crippen LogP contribution in [0.25, 0.3) is 10.2 Å². The molecule has 3 rings (SSSR count). The van der Waals surface area contributed by atoms with Crippen LogP contribution in [0.3, 0.4) is 0 Å². The smallest absolute Gasteiger partial charge is 0.339 e. The summed E-state index contributed by atoms with van der Waals surface area (Å²) in [6, 6.07) is 11.9. The highest BCUT2D eigenvalue weighted by Crippen LogP contribution is 2.29. The van der Waals surface area contributed by atoms with Crippen LogP contribution >= 0.6 is 23.3 Å². The quantitative estimate of drug-likeness (QED) is 0.396. The first-order valence-electron chi connectivity index (χ1n) is 8.94. The molecular formula is C20H19N3O5S2. The van der Waals surface area contributed by atoms with Crippen molar-refractivity contribution < 1.29 is 23.9 Å². The van der Waals surface area contributed by atoms with Crippen molar-refractivity contribution >= 4 is 62.2 Å². The van der Waals surface area contributed by atoms with E-state index < -0.39 is 24.5 Å². The van der Waals surface area contributed by atoms with Crippen LogP contribution in [0.2, 0.25) is 0 Å². The minimum atomic E-state index is -0.608. The summed E-state index contributed by atoms with van der Waals surface area (Å²) >= 11 is 2.55. The number of thiazole rings is 1. The minimum absolute atomic E-state index is 0.263. The predicted molar refractivity (Wildman–Crippen MR) is 118 cm³/mol. The Morgan fingerprint density at radius 2 is 1.90 bits per heavy atom. The van der Waals surface area contributed by atoms with Gasteiger partial charge in [-0.25, -0.2) is 14.6 Å². The number of anilines is 2. The van der Waals surface area contributed by atoms with E-state index in [9.17, 15) is 14.4 Å². The highest BCUT2D eigenvalue weighted by molar-refractivity contribution is 7.99. The highest BCUT2D eigenvalue weighted by Gasteiger charge is 2.17. The van der Waals surface area contributed by atoms with E-state index in [1.807, 2.05) is 12.3 Å². The van der Waals surface area contributed by atoms with Crippen LogP contribution in [-0.4, -0.2) is 42.3 Å². The number of carbonyl (C=O) groups excluding carboxylic acids is 3. The Kier molecular flexibility index (Phi) is 7.26. The van der Waals surface area contributed by atoms with Crippen LogP contribution in [0, 0.1) is 0 Å². The molecule has 156 valence electrons. The molecular weight excluding hydrogens is 426 g/mol. The molecule has 1 aromatic heterocycles. The third-order valence-corrected chi connectivity index (χ3v) is 5.27. The molecule has 1 amide bonds. The number of rotatable bonds is 8. The Labute approximate surface area is 181 Å². The van der Waals surface area contributed by atoms with Crippen LogP contribution in [0.1, 0.15) is 27.6 Å². The second-order valence-corrected chi connectivity index (χ2v) is 7.52. The molecule has 30 heavy (non-hydrogen) atoms. The average Bonchev–Trinajstić information content (AvgIpc) is 3.15. The number of nitrogens with zero attached hydrogens (tertiary/aromatic N) is 1. The summed E-state index contributed by atoms with van der Waals surface area (Å²) in [6.45, 7) is 1.53. The summed E-state index contributed by atoms with van der Waals surface area (Å²) in [5.74, 6) is -1.58. The Morgan fingerprint density at radius 1 is 1.10 bits per heavy atom. The molecule has 0 saturated heterocycles. The van der Waals surface area contributed by atoms with E-state index in [2.05, 4.69) is 15.0 Å². The molecule has 0 atom stereocenters. The lowest BCUT2D eigenvalue weighted by molar-refractivity contribution is -0.119. The van der Waals surface area contributed by atoms with Crippen molar-refractivity contribution in [2.24, 2.45) is 0 Å². The summed E-state index contributed by atoms with van der Waals surface area (Å²) in [6.07, 6.45) is 1.87. The Balaban J connectivity index is 1.63. The monoisotopic (exact) mass is 445 g/mol. The van der Waals surface area contributed by atoms with Gasteiger partial charge in [0.15, 0.2) is 11.7 Å². The summed E-state index contributed by atoms with van der Waals surface area (Å²) < 4.78 is 13.8. The number of hydrogen-bond acceptors (Lipinski definition) is 9. The summed E-state index contributed by atoms with van der Waals surface area (Å²) in [4.78, 5) is 40.7. The summed E-state index contributed by atoms with van der Waals surface area (Å²) in [5, 5.41) is 2.89. The maximum Gasteiger partial charge on any atom is 0.339 e. The molecule has 0 saturated carbocycles. The largest absolute Gasteiger partial charge is 0.462 e. The number of hydrogen-bond donors (Lipinski definition) is 2. The first-order valence-corrected chi connectivity index (χ1v) is 11.0. The number of ether oxygens (including phenoxy) is 2. The molecule has 0 aliphatic rings. The topological polar surface area (TPSA) is 107 Å². The van der Waals surface area contributed by atoms with Gasteiger partial charge in [0.2, 0.25) is 0 Å². The van der Waals surface area contributed by atoms with Gasteiger partial charge in [-0.3, -0.25) is 10.1 Å². The van der Waals surface area contributed by atoms with Gasteiger partial charge in [0.1, 0.15) is 0 Å². The number of aromatic nitrogens is 1. The first kappa shape index (κ1) is 21.6. The van der Waals surface area contributed by atoms with Crippen molar-refractivity contribution in [3.8, 4) is 0 Å². The fraction of sp³-hybridized carbons (Fsp3) is 0.200. The zero-order valence-electron chi connectivity index (χ0n) is 16.3. The fourth-order valence-electron chi connectivity index (χ4n) is 2.57. The van der Waals surface area contributed by atoms with Crippen molar-refractivity contribution in [1.82, 2.24) is 4.98 Å². The molecule has 0 bridgehead atoms. The number of carbonyl (C=O) groups is 3. The molecule has 0 spiro atoms. The maximum absolute atomic E-state index is 12.2. The number of benzene rings is 2. The van der Waals surface area contributed by atoms with E-state index in [1.54, 1.807) is 43.3 Å². The Hall–Kier alpha value is -3.11. The Bertz CT molecular complexity index is 1080.